The monoisotopic (exact) mass is 504 g/mol. The Bertz CT molecular complexity index is 1230. The van der Waals surface area contributed by atoms with Crippen LogP contribution in [0.3, 0.4) is 0 Å². The smallest absolute Gasteiger partial charge is 0.373 e. The highest BCUT2D eigenvalue weighted by Gasteiger charge is 2.31. The minimum atomic E-state index is -1.24. The van der Waals surface area contributed by atoms with E-state index in [2.05, 4.69) is 9.97 Å². The van der Waals surface area contributed by atoms with Crippen molar-refractivity contribution in [3.05, 3.63) is 69.9 Å². The van der Waals surface area contributed by atoms with Crippen LogP contribution in [0.1, 0.15) is 42.8 Å². The average Bonchev–Trinajstić information content (AvgIpc) is 3.36. The molecule has 0 amide bonds. The second kappa shape index (κ2) is 11.8. The number of Topliss-reactive ketones (excluding diaryl/α,β-unsaturated/α-hetero) is 1. The van der Waals surface area contributed by atoms with Gasteiger partial charge in [0.2, 0.25) is 11.6 Å². The van der Waals surface area contributed by atoms with E-state index in [1.54, 1.807) is 19.1 Å². The van der Waals surface area contributed by atoms with Gasteiger partial charge in [-0.05, 0) is 31.2 Å². The van der Waals surface area contributed by atoms with E-state index in [0.29, 0.717) is 5.76 Å². The number of nitrogens with zero attached hydrogens (tertiary/aromatic N) is 4. The van der Waals surface area contributed by atoms with Gasteiger partial charge in [0, 0.05) is 18.5 Å². The van der Waals surface area contributed by atoms with Gasteiger partial charge in [-0.15, -0.1) is 0 Å². The first-order chi connectivity index (χ1) is 17.2. The molecule has 2 aromatic heterocycles. The van der Waals surface area contributed by atoms with Crippen LogP contribution in [0.2, 0.25) is 0 Å². The predicted octanol–water partition coefficient (Wildman–Crippen LogP) is 4.60. The zero-order valence-corrected chi connectivity index (χ0v) is 19.4. The molecule has 0 unspecified atom stereocenters. The number of carbonyl (C=O) groups excluding carboxylic acids is 2. The minimum Gasteiger partial charge on any atom is -0.467 e. The summed E-state index contributed by atoms with van der Waals surface area (Å²) in [5.74, 6) is -5.10. The summed E-state index contributed by atoms with van der Waals surface area (Å²) in [6, 6.07) is 4.79. The van der Waals surface area contributed by atoms with Crippen molar-refractivity contribution in [2.75, 3.05) is 18.1 Å². The van der Waals surface area contributed by atoms with Crippen molar-refractivity contribution in [3.8, 4) is 11.6 Å². The summed E-state index contributed by atoms with van der Waals surface area (Å²) in [6.45, 7) is 3.24. The van der Waals surface area contributed by atoms with Crippen molar-refractivity contribution >= 4 is 23.3 Å². The summed E-state index contributed by atoms with van der Waals surface area (Å²) in [7, 11) is 0. The Morgan fingerprint density at radius 2 is 1.92 bits per heavy atom. The summed E-state index contributed by atoms with van der Waals surface area (Å²) < 4.78 is 44.6. The first-order valence-corrected chi connectivity index (χ1v) is 10.9. The lowest BCUT2D eigenvalue weighted by Gasteiger charge is -2.22. The molecule has 0 aliphatic heterocycles. The van der Waals surface area contributed by atoms with E-state index >= 15 is 0 Å². The van der Waals surface area contributed by atoms with Crippen LogP contribution in [0.25, 0.3) is 0 Å². The van der Waals surface area contributed by atoms with E-state index in [1.165, 1.54) is 18.1 Å². The number of hydrogen-bond acceptors (Lipinski definition) is 10. The number of aromatic nitrogens is 2. The number of halogens is 2. The maximum atomic E-state index is 14.6. The predicted molar refractivity (Wildman–Crippen MR) is 121 cm³/mol. The number of hydrogen-bond donors (Lipinski definition) is 0. The van der Waals surface area contributed by atoms with Gasteiger partial charge in [0.1, 0.15) is 12.1 Å². The molecule has 0 spiro atoms. The molecule has 0 radical (unpaired) electrons. The third-order valence-electron chi connectivity index (χ3n) is 4.91. The van der Waals surface area contributed by atoms with Crippen molar-refractivity contribution < 1.29 is 37.2 Å². The third kappa shape index (κ3) is 6.17. The number of rotatable bonds is 12. The van der Waals surface area contributed by atoms with Gasteiger partial charge in [0.25, 0.3) is 0 Å². The molecule has 11 nitrogen and oxygen atoms in total. The van der Waals surface area contributed by atoms with E-state index in [4.69, 9.17) is 13.9 Å². The van der Waals surface area contributed by atoms with Crippen molar-refractivity contribution in [1.29, 1.82) is 0 Å². The fourth-order valence-electron chi connectivity index (χ4n) is 3.25. The molecular formula is C23H22F2N4O7. The van der Waals surface area contributed by atoms with E-state index in [9.17, 15) is 28.5 Å². The van der Waals surface area contributed by atoms with Gasteiger partial charge in [-0.2, -0.15) is 4.98 Å². The van der Waals surface area contributed by atoms with Gasteiger partial charge in [-0.3, -0.25) is 19.7 Å². The fraction of sp³-hybridized carbons (Fsp3) is 0.304. The van der Waals surface area contributed by atoms with Gasteiger partial charge >= 0.3 is 17.5 Å². The number of carbonyl (C=O) groups is 2. The normalized spacial score (nSPS) is 10.7. The minimum absolute atomic E-state index is 0.0249. The Labute approximate surface area is 203 Å². The number of esters is 1. The summed E-state index contributed by atoms with van der Waals surface area (Å²) in [5, 5.41) is 12.0. The maximum Gasteiger partial charge on any atom is 0.373 e. The molecule has 0 aliphatic carbocycles. The second-order valence-corrected chi connectivity index (χ2v) is 7.31. The fourth-order valence-corrected chi connectivity index (χ4v) is 3.25. The Kier molecular flexibility index (Phi) is 8.60. The van der Waals surface area contributed by atoms with Gasteiger partial charge in [-0.25, -0.2) is 13.8 Å². The van der Waals surface area contributed by atoms with Gasteiger partial charge in [-0.1, -0.05) is 6.92 Å². The van der Waals surface area contributed by atoms with E-state index in [-0.39, 0.29) is 43.9 Å². The van der Waals surface area contributed by atoms with Gasteiger partial charge in [0.15, 0.2) is 17.4 Å². The van der Waals surface area contributed by atoms with E-state index < -0.39 is 45.6 Å². The lowest BCUT2D eigenvalue weighted by Crippen LogP contribution is -2.28. The maximum absolute atomic E-state index is 14.6. The van der Waals surface area contributed by atoms with Crippen LogP contribution in [0.5, 0.6) is 11.6 Å². The molecular weight excluding hydrogens is 482 g/mol. The molecule has 0 saturated carbocycles. The van der Waals surface area contributed by atoms with Crippen molar-refractivity contribution in [2.45, 2.75) is 33.2 Å². The number of ketones is 1. The van der Waals surface area contributed by atoms with Crippen LogP contribution in [0, 0.1) is 21.7 Å². The molecule has 36 heavy (non-hydrogen) atoms. The molecule has 0 fully saturated rings. The number of furan rings is 1. The summed E-state index contributed by atoms with van der Waals surface area (Å²) in [6.07, 6.45) is 2.21. The first kappa shape index (κ1) is 26.2. The molecule has 1 aromatic carbocycles. The zero-order valence-electron chi connectivity index (χ0n) is 19.4. The van der Waals surface area contributed by atoms with Crippen molar-refractivity contribution in [3.63, 3.8) is 0 Å². The molecule has 0 saturated heterocycles. The van der Waals surface area contributed by atoms with Crippen molar-refractivity contribution in [1.82, 2.24) is 9.97 Å². The molecule has 0 N–H and O–H groups in total. The summed E-state index contributed by atoms with van der Waals surface area (Å²) in [4.78, 5) is 43.9. The number of ether oxygens (including phenoxy) is 2. The Balaban J connectivity index is 2.01. The van der Waals surface area contributed by atoms with Crippen LogP contribution < -0.4 is 9.64 Å². The number of anilines is 1. The van der Waals surface area contributed by atoms with Crippen LogP contribution >= 0.6 is 0 Å². The van der Waals surface area contributed by atoms with Crippen LogP contribution in [-0.4, -0.2) is 39.8 Å². The first-order valence-electron chi connectivity index (χ1n) is 10.9. The highest BCUT2D eigenvalue weighted by molar-refractivity contribution is 5.96. The van der Waals surface area contributed by atoms with E-state index in [0.717, 1.165) is 18.5 Å². The van der Waals surface area contributed by atoms with E-state index in [1.807, 2.05) is 0 Å². The molecule has 3 rings (SSSR count). The van der Waals surface area contributed by atoms with Crippen molar-refractivity contribution in [2.24, 2.45) is 0 Å². The Morgan fingerprint density at radius 3 is 2.50 bits per heavy atom. The lowest BCUT2D eigenvalue weighted by atomic mass is 10.1. The summed E-state index contributed by atoms with van der Waals surface area (Å²) in [5.41, 5.74) is -0.998. The topological polar surface area (TPSA) is 138 Å². The molecule has 0 bridgehead atoms. The quantitative estimate of drug-likeness (QED) is 0.149. The number of benzene rings is 1. The zero-order chi connectivity index (χ0) is 26.2. The largest absolute Gasteiger partial charge is 0.467 e. The molecule has 2 heterocycles. The highest BCUT2D eigenvalue weighted by atomic mass is 19.1. The highest BCUT2D eigenvalue weighted by Crippen LogP contribution is 2.38. The van der Waals surface area contributed by atoms with Crippen LogP contribution in [0.4, 0.5) is 20.3 Å². The van der Waals surface area contributed by atoms with Gasteiger partial charge < -0.3 is 18.8 Å². The molecule has 0 atom stereocenters. The number of nitro groups is 1. The van der Waals surface area contributed by atoms with Gasteiger partial charge in [0.05, 0.1) is 30.8 Å². The summed E-state index contributed by atoms with van der Waals surface area (Å²) >= 11 is 0. The average molecular weight is 504 g/mol. The van der Waals surface area contributed by atoms with Crippen LogP contribution in [0.15, 0.2) is 41.3 Å². The second-order valence-electron chi connectivity index (χ2n) is 7.31. The SMILES string of the molecule is CCOC(=O)CCN(Cc1ccco1)c1ncnc(Oc2c(F)cc(C(=O)CC)cc2F)c1[N+](=O)[O-]. The third-order valence-corrected chi connectivity index (χ3v) is 4.91. The molecule has 190 valence electrons. The van der Waals surface area contributed by atoms with Crippen LogP contribution in [-0.2, 0) is 16.1 Å². The Hall–Kier alpha value is -4.42. The molecule has 13 heteroatoms. The standard InChI is InChI=1S/C23H22F2N4O7/c1-3-18(30)14-10-16(24)21(17(25)11-14)36-23-20(29(32)33)22(26-13-27-23)28(8-7-19(31)34-4-2)12-15-6-5-9-35-15/h5-6,9-11,13H,3-4,7-8,12H2,1-2H3. The molecule has 0 aliphatic rings. The lowest BCUT2D eigenvalue weighted by molar-refractivity contribution is -0.385. The Morgan fingerprint density at radius 1 is 1.19 bits per heavy atom. The molecule has 3 aromatic rings.